The van der Waals surface area contributed by atoms with Crippen LogP contribution in [0, 0.1) is 0 Å². The summed E-state index contributed by atoms with van der Waals surface area (Å²) in [5.74, 6) is 0.783. The Labute approximate surface area is 141 Å². The summed E-state index contributed by atoms with van der Waals surface area (Å²) < 4.78 is 12.8. The maximum absolute atomic E-state index is 10.7. The van der Waals surface area contributed by atoms with Gasteiger partial charge in [-0.15, -0.1) is 0 Å². The van der Waals surface area contributed by atoms with Crippen LogP contribution in [0.5, 0.6) is 5.75 Å². The second-order valence-corrected chi connectivity index (χ2v) is 7.84. The number of aliphatic hydroxyl groups is 1. The Balaban J connectivity index is 2.20. The summed E-state index contributed by atoms with van der Waals surface area (Å²) in [7, 11) is 1.63. The molecule has 0 fully saturated rings. The molecule has 0 spiro atoms. The van der Waals surface area contributed by atoms with Gasteiger partial charge in [-0.3, -0.25) is 0 Å². The van der Waals surface area contributed by atoms with Gasteiger partial charge in [0.15, 0.2) is 0 Å². The van der Waals surface area contributed by atoms with E-state index in [2.05, 4.69) is 12.1 Å². The van der Waals surface area contributed by atoms with Crippen molar-refractivity contribution in [3.63, 3.8) is 0 Å². The predicted molar refractivity (Wildman–Crippen MR) is 89.5 cm³/mol. The molecular weight excluding hydrogens is 392 g/mol. The second-order valence-electron chi connectivity index (χ2n) is 4.57. The molecule has 0 heterocycles. The third kappa shape index (κ3) is 4.78. The number of ether oxygens (including phenoxy) is 2. The van der Waals surface area contributed by atoms with Crippen LogP contribution in [0.2, 0.25) is 0 Å². The van der Waals surface area contributed by atoms with Crippen LogP contribution in [0.4, 0.5) is 0 Å². The fourth-order valence-electron chi connectivity index (χ4n) is 1.88. The van der Waals surface area contributed by atoms with Gasteiger partial charge in [-0.05, 0) is 0 Å². The molecule has 2 aromatic carbocycles. The number of hydrogen-bond donors (Lipinski definition) is 1. The van der Waals surface area contributed by atoms with E-state index in [0.29, 0.717) is 6.61 Å². The predicted octanol–water partition coefficient (Wildman–Crippen LogP) is 2.64. The van der Waals surface area contributed by atoms with Crippen molar-refractivity contribution in [3.8, 4) is 5.75 Å². The SMILES string of the molecule is CCO/C=C(\[Te]c1ccccc1)C(O)c1ccc(OC)cc1. The van der Waals surface area contributed by atoms with E-state index in [9.17, 15) is 5.11 Å². The molecule has 0 aromatic heterocycles. The molecule has 1 unspecified atom stereocenters. The zero-order valence-corrected chi connectivity index (χ0v) is 15.1. The summed E-state index contributed by atoms with van der Waals surface area (Å²) in [5, 5.41) is 10.7. The summed E-state index contributed by atoms with van der Waals surface area (Å²) in [6.45, 7) is 2.54. The number of aliphatic hydroxyl groups excluding tert-OH is 1. The van der Waals surface area contributed by atoms with Crippen LogP contribution in [0.25, 0.3) is 0 Å². The summed E-state index contributed by atoms with van der Waals surface area (Å²) >= 11 is -0.678. The van der Waals surface area contributed by atoms with Crippen LogP contribution in [0.1, 0.15) is 18.6 Å². The fourth-order valence-corrected chi connectivity index (χ4v) is 4.54. The molecule has 2 aromatic rings. The molecule has 4 heteroatoms. The molecule has 3 nitrogen and oxygen atoms in total. The van der Waals surface area contributed by atoms with E-state index < -0.39 is 27.0 Å². The van der Waals surface area contributed by atoms with Gasteiger partial charge in [-0.1, -0.05) is 0 Å². The molecule has 1 atom stereocenters. The van der Waals surface area contributed by atoms with Gasteiger partial charge in [0.2, 0.25) is 0 Å². The van der Waals surface area contributed by atoms with Crippen LogP contribution in [0.15, 0.2) is 64.5 Å². The Morgan fingerprint density at radius 3 is 2.41 bits per heavy atom. The Bertz CT molecular complexity index is 593. The van der Waals surface area contributed by atoms with Crippen molar-refractivity contribution in [2.75, 3.05) is 13.7 Å². The molecule has 0 radical (unpaired) electrons. The molecule has 0 saturated carbocycles. The number of rotatable bonds is 7. The molecule has 0 aliphatic carbocycles. The van der Waals surface area contributed by atoms with Crippen molar-refractivity contribution < 1.29 is 14.6 Å². The molecular formula is C18H20O3Te. The number of methoxy groups -OCH3 is 1. The molecule has 0 amide bonds. The number of hydrogen-bond acceptors (Lipinski definition) is 3. The first kappa shape index (κ1) is 16.9. The van der Waals surface area contributed by atoms with Gasteiger partial charge in [0, 0.05) is 0 Å². The zero-order chi connectivity index (χ0) is 15.8. The van der Waals surface area contributed by atoms with E-state index in [1.807, 2.05) is 49.4 Å². The van der Waals surface area contributed by atoms with E-state index >= 15 is 0 Å². The van der Waals surface area contributed by atoms with E-state index in [1.165, 1.54) is 3.61 Å². The first-order valence-corrected chi connectivity index (χ1v) is 9.44. The van der Waals surface area contributed by atoms with Gasteiger partial charge in [0.1, 0.15) is 0 Å². The average molecular weight is 412 g/mol. The maximum atomic E-state index is 10.7. The standard InChI is InChI=1S/C18H20O3Te/c1-3-21-13-17(22-16-7-5-4-6-8-16)18(19)14-9-11-15(20-2)12-10-14/h4-13,18-19H,3H2,1-2H3/b17-13-. The van der Waals surface area contributed by atoms with Gasteiger partial charge in [0.05, 0.1) is 0 Å². The van der Waals surface area contributed by atoms with Crippen molar-refractivity contribution >= 4 is 24.5 Å². The Morgan fingerprint density at radius 2 is 1.82 bits per heavy atom. The summed E-state index contributed by atoms with van der Waals surface area (Å²) in [4.78, 5) is 0. The van der Waals surface area contributed by atoms with Gasteiger partial charge < -0.3 is 0 Å². The molecule has 116 valence electrons. The third-order valence-electron chi connectivity index (χ3n) is 3.05. The molecule has 22 heavy (non-hydrogen) atoms. The normalized spacial score (nSPS) is 12.8. The fraction of sp³-hybridized carbons (Fsp3) is 0.222. The molecule has 0 aliphatic rings. The summed E-state index contributed by atoms with van der Waals surface area (Å²) in [6, 6.07) is 17.8. The first-order valence-electron chi connectivity index (χ1n) is 7.11. The van der Waals surface area contributed by atoms with Crippen molar-refractivity contribution in [2.24, 2.45) is 0 Å². The van der Waals surface area contributed by atoms with Crippen LogP contribution in [-0.2, 0) is 4.74 Å². The first-order chi connectivity index (χ1) is 10.7. The zero-order valence-electron chi connectivity index (χ0n) is 12.7. The molecule has 0 aliphatic heterocycles. The van der Waals surface area contributed by atoms with Crippen LogP contribution in [-0.4, -0.2) is 39.7 Å². The molecule has 2 rings (SSSR count). The van der Waals surface area contributed by atoms with Gasteiger partial charge in [-0.2, -0.15) is 0 Å². The molecule has 0 bridgehead atoms. The minimum absolute atomic E-state index is 0.598. The van der Waals surface area contributed by atoms with Gasteiger partial charge in [0.25, 0.3) is 0 Å². The van der Waals surface area contributed by atoms with E-state index in [4.69, 9.17) is 9.47 Å². The van der Waals surface area contributed by atoms with Crippen molar-refractivity contribution in [3.05, 3.63) is 70.0 Å². The molecule has 1 N–H and O–H groups in total. The van der Waals surface area contributed by atoms with Gasteiger partial charge in [-0.25, -0.2) is 0 Å². The monoisotopic (exact) mass is 414 g/mol. The van der Waals surface area contributed by atoms with Crippen LogP contribution in [0.3, 0.4) is 0 Å². The topological polar surface area (TPSA) is 38.7 Å². The number of benzene rings is 2. The quantitative estimate of drug-likeness (QED) is 0.562. The van der Waals surface area contributed by atoms with Gasteiger partial charge >= 0.3 is 142 Å². The van der Waals surface area contributed by atoms with Crippen molar-refractivity contribution in [2.45, 2.75) is 13.0 Å². The van der Waals surface area contributed by atoms with Crippen molar-refractivity contribution in [1.82, 2.24) is 0 Å². The van der Waals surface area contributed by atoms with Crippen LogP contribution >= 0.6 is 0 Å². The Kier molecular flexibility index (Phi) is 6.79. The Hall–Kier alpha value is -1.47. The van der Waals surface area contributed by atoms with Crippen LogP contribution < -0.4 is 8.35 Å². The van der Waals surface area contributed by atoms with E-state index in [1.54, 1.807) is 13.4 Å². The third-order valence-corrected chi connectivity index (χ3v) is 6.08. The second kappa shape index (κ2) is 8.85. The van der Waals surface area contributed by atoms with E-state index in [0.717, 1.165) is 14.9 Å². The Morgan fingerprint density at radius 1 is 1.14 bits per heavy atom. The summed E-state index contributed by atoms with van der Waals surface area (Å²) in [6.07, 6.45) is 1.09. The minimum atomic E-state index is -0.678. The van der Waals surface area contributed by atoms with Crippen molar-refractivity contribution in [1.29, 1.82) is 0 Å². The molecule has 0 saturated heterocycles. The average Bonchev–Trinajstić information content (AvgIpc) is 2.59. The summed E-state index contributed by atoms with van der Waals surface area (Å²) in [5.41, 5.74) is 0.854. The van der Waals surface area contributed by atoms with E-state index in [-0.39, 0.29) is 0 Å².